The van der Waals surface area contributed by atoms with Crippen LogP contribution >= 0.6 is 23.2 Å². The minimum atomic E-state index is -0.713. The summed E-state index contributed by atoms with van der Waals surface area (Å²) in [5.74, 6) is -0.442. The zero-order valence-corrected chi connectivity index (χ0v) is 12.4. The summed E-state index contributed by atoms with van der Waals surface area (Å²) in [5.41, 5.74) is 0.840. The second kappa shape index (κ2) is 5.71. The Balaban J connectivity index is 2.36. The van der Waals surface area contributed by atoms with Gasteiger partial charge in [0, 0.05) is 17.2 Å². The van der Waals surface area contributed by atoms with Gasteiger partial charge in [0.1, 0.15) is 5.02 Å². The maximum atomic E-state index is 12.1. The Morgan fingerprint density at radius 1 is 1.38 bits per heavy atom. The van der Waals surface area contributed by atoms with E-state index in [0.717, 1.165) is 6.07 Å². The van der Waals surface area contributed by atoms with Crippen molar-refractivity contribution in [1.29, 1.82) is 0 Å². The van der Waals surface area contributed by atoms with E-state index in [-0.39, 0.29) is 21.5 Å². The third-order valence-corrected chi connectivity index (χ3v) is 3.64. The van der Waals surface area contributed by atoms with E-state index >= 15 is 0 Å². The highest BCUT2D eigenvalue weighted by molar-refractivity contribution is 6.43. The van der Waals surface area contributed by atoms with Gasteiger partial charge in [-0.3, -0.25) is 20.2 Å². The van der Waals surface area contributed by atoms with Crippen molar-refractivity contribution in [2.24, 2.45) is 0 Å². The minimum absolute atomic E-state index is 0.00967. The van der Waals surface area contributed by atoms with E-state index in [9.17, 15) is 14.9 Å². The average molecular weight is 330 g/mol. The molecule has 0 fully saturated rings. The van der Waals surface area contributed by atoms with Gasteiger partial charge in [0.15, 0.2) is 0 Å². The van der Waals surface area contributed by atoms with Gasteiger partial charge in [-0.1, -0.05) is 28.4 Å². The molecule has 0 saturated carbocycles. The summed E-state index contributed by atoms with van der Waals surface area (Å²) >= 11 is 11.5. The number of nitro groups is 1. The summed E-state index contributed by atoms with van der Waals surface area (Å²) in [5, 5.41) is 16.7. The van der Waals surface area contributed by atoms with Crippen LogP contribution in [0.4, 0.5) is 11.6 Å². The Hall–Kier alpha value is -2.12. The number of aryl methyl sites for hydroxylation is 1. The molecule has 0 atom stereocenters. The average Bonchev–Trinajstić information content (AvgIpc) is 2.73. The van der Waals surface area contributed by atoms with Crippen LogP contribution in [-0.4, -0.2) is 16.0 Å². The third-order valence-electron chi connectivity index (χ3n) is 2.85. The Labute approximate surface area is 129 Å². The minimum Gasteiger partial charge on any atom is -0.338 e. The number of amides is 1. The monoisotopic (exact) mass is 329 g/mol. The number of nitrogens with one attached hydrogen (secondary N) is 1. The van der Waals surface area contributed by atoms with Crippen molar-refractivity contribution < 1.29 is 14.2 Å². The van der Waals surface area contributed by atoms with Gasteiger partial charge in [-0.25, -0.2) is 0 Å². The van der Waals surface area contributed by atoms with E-state index in [1.165, 1.54) is 6.07 Å². The molecule has 9 heteroatoms. The Morgan fingerprint density at radius 2 is 2.05 bits per heavy atom. The van der Waals surface area contributed by atoms with Gasteiger partial charge in [0.05, 0.1) is 15.6 Å². The first-order chi connectivity index (χ1) is 9.81. The van der Waals surface area contributed by atoms with Gasteiger partial charge in [0.2, 0.25) is 5.88 Å². The van der Waals surface area contributed by atoms with E-state index in [1.54, 1.807) is 13.8 Å². The van der Waals surface area contributed by atoms with Crippen molar-refractivity contribution in [3.8, 4) is 0 Å². The molecule has 2 rings (SSSR count). The standard InChI is InChI=1S/C12H9Cl2N3O4/c1-5-6(2)16-21-12(5)15-11(18)7-3-8(13)10(14)9(4-7)17(19)20/h3-4H,1-2H3,(H,15,18). The lowest BCUT2D eigenvalue weighted by Crippen LogP contribution is -2.12. The van der Waals surface area contributed by atoms with E-state index < -0.39 is 16.5 Å². The molecule has 0 radical (unpaired) electrons. The molecule has 0 bridgehead atoms. The fraction of sp³-hybridized carbons (Fsp3) is 0.167. The molecule has 1 aromatic heterocycles. The first-order valence-electron chi connectivity index (χ1n) is 5.69. The number of nitro benzene ring substituents is 1. The summed E-state index contributed by atoms with van der Waals surface area (Å²) in [6.45, 7) is 3.44. The van der Waals surface area contributed by atoms with Gasteiger partial charge in [-0.05, 0) is 19.9 Å². The molecule has 7 nitrogen and oxygen atoms in total. The molecule has 1 amide bonds. The second-order valence-electron chi connectivity index (χ2n) is 4.22. The van der Waals surface area contributed by atoms with Crippen LogP contribution in [0.3, 0.4) is 0 Å². The van der Waals surface area contributed by atoms with E-state index in [1.807, 2.05) is 0 Å². The molecule has 1 heterocycles. The molecule has 2 aromatic rings. The van der Waals surface area contributed by atoms with Gasteiger partial charge >= 0.3 is 0 Å². The number of anilines is 1. The Kier molecular flexibility index (Phi) is 4.15. The van der Waals surface area contributed by atoms with Crippen LogP contribution in [-0.2, 0) is 0 Å². The molecule has 110 valence electrons. The highest BCUT2D eigenvalue weighted by Crippen LogP contribution is 2.33. The molecule has 0 aliphatic heterocycles. The topological polar surface area (TPSA) is 98.3 Å². The lowest BCUT2D eigenvalue weighted by Gasteiger charge is -2.05. The molecule has 0 aliphatic carbocycles. The molecule has 21 heavy (non-hydrogen) atoms. The normalized spacial score (nSPS) is 10.5. The maximum absolute atomic E-state index is 12.1. The Morgan fingerprint density at radius 3 is 2.57 bits per heavy atom. The number of benzene rings is 1. The van der Waals surface area contributed by atoms with Gasteiger partial charge in [-0.2, -0.15) is 0 Å². The number of nitrogens with zero attached hydrogens (tertiary/aromatic N) is 2. The summed E-state index contributed by atoms with van der Waals surface area (Å²) in [6.07, 6.45) is 0. The zero-order valence-electron chi connectivity index (χ0n) is 10.9. The molecule has 0 saturated heterocycles. The zero-order chi connectivity index (χ0) is 15.7. The molecular weight excluding hydrogens is 321 g/mol. The molecule has 0 aliphatic rings. The summed E-state index contributed by atoms with van der Waals surface area (Å²) < 4.78 is 4.94. The van der Waals surface area contributed by atoms with Crippen molar-refractivity contribution >= 4 is 40.7 Å². The number of hydrogen-bond donors (Lipinski definition) is 1. The van der Waals surface area contributed by atoms with Gasteiger partial charge in [-0.15, -0.1) is 0 Å². The van der Waals surface area contributed by atoms with Crippen molar-refractivity contribution in [3.05, 3.63) is 49.1 Å². The number of aromatic nitrogens is 1. The number of carbonyl (C=O) groups excluding carboxylic acids is 1. The quantitative estimate of drug-likeness (QED) is 0.682. The van der Waals surface area contributed by atoms with Crippen LogP contribution in [0.1, 0.15) is 21.6 Å². The van der Waals surface area contributed by atoms with E-state index in [2.05, 4.69) is 10.5 Å². The van der Waals surface area contributed by atoms with Crippen molar-refractivity contribution in [3.63, 3.8) is 0 Å². The van der Waals surface area contributed by atoms with Crippen LogP contribution in [0.5, 0.6) is 0 Å². The van der Waals surface area contributed by atoms with Crippen LogP contribution in [0, 0.1) is 24.0 Å². The van der Waals surface area contributed by atoms with Gasteiger partial charge in [0.25, 0.3) is 11.6 Å². The van der Waals surface area contributed by atoms with Crippen molar-refractivity contribution in [2.45, 2.75) is 13.8 Å². The second-order valence-corrected chi connectivity index (χ2v) is 5.01. The fourth-order valence-electron chi connectivity index (χ4n) is 1.55. The first-order valence-corrected chi connectivity index (χ1v) is 6.44. The SMILES string of the molecule is Cc1noc(NC(=O)c2cc(Cl)c(Cl)c([N+](=O)[O-])c2)c1C. The van der Waals surface area contributed by atoms with Crippen molar-refractivity contribution in [2.75, 3.05) is 5.32 Å². The lowest BCUT2D eigenvalue weighted by molar-refractivity contribution is -0.384. The third kappa shape index (κ3) is 2.98. The molecular formula is C12H9Cl2N3O4. The molecule has 0 unspecified atom stereocenters. The number of rotatable bonds is 3. The van der Waals surface area contributed by atoms with Crippen LogP contribution in [0.25, 0.3) is 0 Å². The largest absolute Gasteiger partial charge is 0.338 e. The summed E-state index contributed by atoms with van der Waals surface area (Å²) in [7, 11) is 0. The molecule has 1 aromatic carbocycles. The highest BCUT2D eigenvalue weighted by atomic mass is 35.5. The van der Waals surface area contributed by atoms with Crippen LogP contribution < -0.4 is 5.32 Å². The first kappa shape index (κ1) is 15.3. The number of hydrogen-bond acceptors (Lipinski definition) is 5. The summed E-state index contributed by atoms with van der Waals surface area (Å²) in [4.78, 5) is 22.2. The Bertz CT molecular complexity index is 742. The lowest BCUT2D eigenvalue weighted by atomic mass is 10.2. The smallest absolute Gasteiger partial charge is 0.290 e. The highest BCUT2D eigenvalue weighted by Gasteiger charge is 2.21. The predicted molar refractivity (Wildman–Crippen MR) is 77.0 cm³/mol. The molecule has 1 N–H and O–H groups in total. The fourth-order valence-corrected chi connectivity index (χ4v) is 1.94. The predicted octanol–water partition coefficient (Wildman–Crippen LogP) is 3.76. The van der Waals surface area contributed by atoms with E-state index in [0.29, 0.717) is 11.3 Å². The van der Waals surface area contributed by atoms with Crippen LogP contribution in [0.15, 0.2) is 16.7 Å². The van der Waals surface area contributed by atoms with E-state index in [4.69, 9.17) is 27.7 Å². The maximum Gasteiger partial charge on any atom is 0.290 e. The van der Waals surface area contributed by atoms with Crippen molar-refractivity contribution in [1.82, 2.24) is 5.16 Å². The number of carbonyl (C=O) groups is 1. The molecule has 0 spiro atoms. The van der Waals surface area contributed by atoms with Gasteiger partial charge < -0.3 is 4.52 Å². The van der Waals surface area contributed by atoms with Crippen LogP contribution in [0.2, 0.25) is 10.0 Å². The number of halogens is 2. The summed E-state index contributed by atoms with van der Waals surface area (Å²) in [6, 6.07) is 2.28.